The summed E-state index contributed by atoms with van der Waals surface area (Å²) in [5, 5.41) is 0. The van der Waals surface area contributed by atoms with Crippen LogP contribution in [0.25, 0.3) is 0 Å². The van der Waals surface area contributed by atoms with E-state index in [0.717, 1.165) is 25.9 Å². The van der Waals surface area contributed by atoms with Crippen molar-refractivity contribution in [1.29, 1.82) is 0 Å². The molecule has 1 atom stereocenters. The van der Waals surface area contributed by atoms with Crippen molar-refractivity contribution >= 4 is 0 Å². The van der Waals surface area contributed by atoms with Crippen molar-refractivity contribution in [3.63, 3.8) is 0 Å². The first-order valence-electron chi connectivity index (χ1n) is 5.17. The monoisotopic (exact) mass is 188 g/mol. The average molecular weight is 188 g/mol. The Balaban J connectivity index is 4.26. The van der Waals surface area contributed by atoms with Gasteiger partial charge in [0.15, 0.2) is 0 Å². The molecule has 0 rings (SSSR count). The minimum absolute atomic E-state index is 0.0186. The maximum atomic E-state index is 5.66. The van der Waals surface area contributed by atoms with Crippen molar-refractivity contribution < 1.29 is 9.47 Å². The first kappa shape index (κ1) is 12.9. The van der Waals surface area contributed by atoms with Crippen LogP contribution in [0.5, 0.6) is 0 Å². The normalized spacial score (nSPS) is 16.2. The van der Waals surface area contributed by atoms with E-state index in [0.29, 0.717) is 5.92 Å². The van der Waals surface area contributed by atoms with E-state index < -0.39 is 0 Å². The summed E-state index contributed by atoms with van der Waals surface area (Å²) in [6.45, 7) is 7.42. The fourth-order valence-corrected chi connectivity index (χ4v) is 1.84. The molecular formula is C11H24O2. The van der Waals surface area contributed by atoms with Crippen molar-refractivity contribution in [1.82, 2.24) is 0 Å². The molecule has 0 saturated carbocycles. The van der Waals surface area contributed by atoms with E-state index in [1.54, 1.807) is 7.11 Å². The molecule has 0 unspecified atom stereocenters. The van der Waals surface area contributed by atoms with Gasteiger partial charge in [-0.05, 0) is 18.8 Å². The second kappa shape index (κ2) is 6.39. The Morgan fingerprint density at radius 1 is 1.15 bits per heavy atom. The molecule has 2 nitrogen and oxygen atoms in total. The van der Waals surface area contributed by atoms with E-state index in [2.05, 4.69) is 20.8 Å². The maximum absolute atomic E-state index is 5.66. The molecule has 0 aliphatic carbocycles. The van der Waals surface area contributed by atoms with Crippen LogP contribution in [-0.4, -0.2) is 26.4 Å². The Morgan fingerprint density at radius 2 is 1.77 bits per heavy atom. The van der Waals surface area contributed by atoms with Gasteiger partial charge >= 0.3 is 0 Å². The van der Waals surface area contributed by atoms with Crippen LogP contribution in [0.3, 0.4) is 0 Å². The fourth-order valence-electron chi connectivity index (χ4n) is 1.84. The molecule has 0 heterocycles. The average Bonchev–Trinajstić information content (AvgIpc) is 2.12. The molecule has 0 aliphatic heterocycles. The summed E-state index contributed by atoms with van der Waals surface area (Å²) in [6.07, 6.45) is 3.27. The summed E-state index contributed by atoms with van der Waals surface area (Å²) in [6, 6.07) is 0. The van der Waals surface area contributed by atoms with Gasteiger partial charge in [-0.25, -0.2) is 0 Å². The van der Waals surface area contributed by atoms with Crippen molar-refractivity contribution in [3.05, 3.63) is 0 Å². The van der Waals surface area contributed by atoms with Crippen molar-refractivity contribution in [2.45, 2.75) is 45.6 Å². The zero-order chi connectivity index (χ0) is 10.3. The Hall–Kier alpha value is -0.0800. The van der Waals surface area contributed by atoms with E-state index in [9.17, 15) is 0 Å². The molecule has 13 heavy (non-hydrogen) atoms. The second-order valence-electron chi connectivity index (χ2n) is 3.92. The largest absolute Gasteiger partial charge is 0.385 e. The van der Waals surface area contributed by atoms with E-state index in [1.165, 1.54) is 0 Å². The first-order valence-corrected chi connectivity index (χ1v) is 5.17. The van der Waals surface area contributed by atoms with Crippen molar-refractivity contribution in [2.24, 2.45) is 5.92 Å². The Kier molecular flexibility index (Phi) is 6.35. The molecule has 0 spiro atoms. The highest BCUT2D eigenvalue weighted by Crippen LogP contribution is 2.30. The molecule has 80 valence electrons. The molecule has 0 aromatic carbocycles. The van der Waals surface area contributed by atoms with Crippen molar-refractivity contribution in [2.75, 3.05) is 20.8 Å². The van der Waals surface area contributed by atoms with Gasteiger partial charge in [0.2, 0.25) is 0 Å². The number of ether oxygens (including phenoxy) is 2. The molecule has 0 saturated heterocycles. The fraction of sp³-hybridized carbons (Fsp3) is 1.00. The maximum Gasteiger partial charge on any atom is 0.0723 e. The Bertz CT molecular complexity index is 123. The molecule has 0 aromatic heterocycles. The van der Waals surface area contributed by atoms with Gasteiger partial charge in [-0.15, -0.1) is 0 Å². The van der Waals surface area contributed by atoms with Crippen molar-refractivity contribution in [3.8, 4) is 0 Å². The number of methoxy groups -OCH3 is 2. The van der Waals surface area contributed by atoms with Gasteiger partial charge in [-0.1, -0.05) is 27.2 Å². The van der Waals surface area contributed by atoms with Crippen LogP contribution in [0.1, 0.15) is 40.0 Å². The van der Waals surface area contributed by atoms with E-state index in [1.807, 2.05) is 7.11 Å². The third kappa shape index (κ3) is 3.65. The summed E-state index contributed by atoms with van der Waals surface area (Å²) < 4.78 is 10.8. The zero-order valence-electron chi connectivity index (χ0n) is 9.72. The lowest BCUT2D eigenvalue weighted by Gasteiger charge is -2.36. The predicted molar refractivity (Wildman–Crippen MR) is 56.0 cm³/mol. The molecule has 0 radical (unpaired) electrons. The lowest BCUT2D eigenvalue weighted by molar-refractivity contribution is -0.0728. The Morgan fingerprint density at radius 3 is 2.08 bits per heavy atom. The molecule has 0 fully saturated rings. The molecule has 0 aromatic rings. The predicted octanol–water partition coefficient (Wildman–Crippen LogP) is 2.86. The van der Waals surface area contributed by atoms with Gasteiger partial charge in [-0.3, -0.25) is 0 Å². The summed E-state index contributed by atoms with van der Waals surface area (Å²) >= 11 is 0. The molecule has 0 amide bonds. The summed E-state index contributed by atoms with van der Waals surface area (Å²) in [5.41, 5.74) is 0.0186. The van der Waals surface area contributed by atoms with Gasteiger partial charge in [0.1, 0.15) is 0 Å². The Labute approximate surface area is 82.6 Å². The zero-order valence-corrected chi connectivity index (χ0v) is 9.72. The molecule has 0 N–H and O–H groups in total. The summed E-state index contributed by atoms with van der Waals surface area (Å²) in [4.78, 5) is 0. The van der Waals surface area contributed by atoms with Crippen LogP contribution in [-0.2, 0) is 9.47 Å². The van der Waals surface area contributed by atoms with Crippen LogP contribution in [0.15, 0.2) is 0 Å². The van der Waals surface area contributed by atoms with E-state index >= 15 is 0 Å². The number of rotatable bonds is 7. The highest BCUT2D eigenvalue weighted by atomic mass is 16.5. The lowest BCUT2D eigenvalue weighted by atomic mass is 9.83. The highest BCUT2D eigenvalue weighted by molar-refractivity contribution is 4.83. The minimum Gasteiger partial charge on any atom is -0.385 e. The standard InChI is InChI=1S/C11H24O2/c1-6-7-11(13-5,10(2)3)8-9-12-4/h10H,6-9H2,1-5H3/t11-/m0/s1. The van der Waals surface area contributed by atoms with Gasteiger partial charge in [-0.2, -0.15) is 0 Å². The van der Waals surface area contributed by atoms with Crippen LogP contribution in [0.2, 0.25) is 0 Å². The molecule has 0 bridgehead atoms. The topological polar surface area (TPSA) is 18.5 Å². The van der Waals surface area contributed by atoms with Crippen LogP contribution in [0, 0.1) is 5.92 Å². The molecular weight excluding hydrogens is 164 g/mol. The summed E-state index contributed by atoms with van der Waals surface area (Å²) in [7, 11) is 3.55. The van der Waals surface area contributed by atoms with Crippen LogP contribution >= 0.6 is 0 Å². The van der Waals surface area contributed by atoms with Gasteiger partial charge < -0.3 is 9.47 Å². The molecule has 0 aliphatic rings. The number of hydrogen-bond acceptors (Lipinski definition) is 2. The first-order chi connectivity index (χ1) is 6.13. The van der Waals surface area contributed by atoms with Gasteiger partial charge in [0.25, 0.3) is 0 Å². The van der Waals surface area contributed by atoms with E-state index in [-0.39, 0.29) is 5.60 Å². The third-order valence-electron chi connectivity index (χ3n) is 2.86. The van der Waals surface area contributed by atoms with Crippen LogP contribution in [0.4, 0.5) is 0 Å². The van der Waals surface area contributed by atoms with E-state index in [4.69, 9.17) is 9.47 Å². The smallest absolute Gasteiger partial charge is 0.0723 e. The quantitative estimate of drug-likeness (QED) is 0.611. The lowest BCUT2D eigenvalue weighted by Crippen LogP contribution is -2.38. The SMILES string of the molecule is CCC[C@@](CCOC)(OC)C(C)C. The third-order valence-corrected chi connectivity index (χ3v) is 2.86. The summed E-state index contributed by atoms with van der Waals surface area (Å²) in [5.74, 6) is 0.549. The minimum atomic E-state index is 0.0186. The van der Waals surface area contributed by atoms with Crippen LogP contribution < -0.4 is 0 Å². The number of hydrogen-bond donors (Lipinski definition) is 0. The van der Waals surface area contributed by atoms with Gasteiger partial charge in [0.05, 0.1) is 5.60 Å². The molecule has 2 heteroatoms. The second-order valence-corrected chi connectivity index (χ2v) is 3.92. The van der Waals surface area contributed by atoms with Gasteiger partial charge in [0, 0.05) is 20.8 Å². The highest BCUT2D eigenvalue weighted by Gasteiger charge is 2.32.